The second-order valence-electron chi connectivity index (χ2n) is 7.62. The second kappa shape index (κ2) is 8.51. The van der Waals surface area contributed by atoms with E-state index in [9.17, 15) is 0 Å². The molecule has 0 aromatic carbocycles. The second-order valence-corrected chi connectivity index (χ2v) is 15.0. The maximum atomic E-state index is 2.40. The van der Waals surface area contributed by atoms with Crippen molar-refractivity contribution >= 4 is 43.1 Å². The van der Waals surface area contributed by atoms with E-state index in [1.807, 2.05) is 0 Å². The molecular weight excluding hydrogens is 276 g/mol. The average molecular weight is 309 g/mol. The van der Waals surface area contributed by atoms with Crippen molar-refractivity contribution in [3.05, 3.63) is 0 Å². The summed E-state index contributed by atoms with van der Waals surface area (Å²) < 4.78 is 0. The maximum Gasteiger partial charge on any atom is 0 e. The van der Waals surface area contributed by atoms with Gasteiger partial charge in [-0.25, -0.2) is 0 Å². The molecule has 0 saturated carbocycles. The summed E-state index contributed by atoms with van der Waals surface area (Å²) in [4.78, 5) is 0. The van der Waals surface area contributed by atoms with Crippen LogP contribution in [0.2, 0.25) is 26.6 Å². The Labute approximate surface area is 131 Å². The Morgan fingerprint density at radius 3 is 0.706 bits per heavy atom. The van der Waals surface area contributed by atoms with Crippen molar-refractivity contribution in [1.82, 2.24) is 0 Å². The number of hydrogen-bond acceptors (Lipinski definition) is 0. The molecule has 3 heteroatoms. The Morgan fingerprint density at radius 1 is 0.588 bits per heavy atom. The molecule has 0 unspecified atom stereocenters. The fourth-order valence-corrected chi connectivity index (χ4v) is 10.1. The van der Waals surface area contributed by atoms with Gasteiger partial charge >= 0.3 is 26.9 Å². The Balaban J connectivity index is -0.000000440. The van der Waals surface area contributed by atoms with Crippen molar-refractivity contribution in [1.29, 1.82) is 0 Å². The zero-order valence-corrected chi connectivity index (χ0v) is 17.6. The van der Waals surface area contributed by atoms with Crippen LogP contribution in [-0.2, 0) is 0 Å². The van der Waals surface area contributed by atoms with Crippen molar-refractivity contribution in [2.45, 2.75) is 88.9 Å². The van der Waals surface area contributed by atoms with Crippen LogP contribution >= 0.6 is 0 Å². The molecule has 0 aliphatic rings. The molecule has 4 radical (unpaired) electrons. The molecule has 0 aliphatic carbocycles. The minimum atomic E-state index is -0.391. The van der Waals surface area contributed by atoms with Gasteiger partial charge in [0, 0.05) is 18.9 Å². The van der Waals surface area contributed by atoms with Gasteiger partial charge in [-0.05, 0) is 15.1 Å². The number of hydrogen-bond donors (Lipinski definition) is 0. The Hall–Kier alpha value is 1.36. The van der Waals surface area contributed by atoms with Crippen LogP contribution < -0.4 is 0 Å². The van der Waals surface area contributed by atoms with Crippen LogP contribution in [0.5, 0.6) is 0 Å². The maximum absolute atomic E-state index is 2.40. The minimum Gasteiger partial charge on any atom is 0 e. The van der Waals surface area contributed by atoms with E-state index in [2.05, 4.69) is 73.8 Å². The topological polar surface area (TPSA) is 0 Å². The molecule has 0 amide bonds. The summed E-state index contributed by atoms with van der Waals surface area (Å²) >= 11 is 0.500. The first-order valence-corrected chi connectivity index (χ1v) is 11.9. The fourth-order valence-electron chi connectivity index (χ4n) is 3.38. The van der Waals surface area contributed by atoms with E-state index >= 15 is 0 Å². The van der Waals surface area contributed by atoms with Gasteiger partial charge in [0.15, 0.2) is 0 Å². The predicted octanol–water partition coefficient (Wildman–Crippen LogP) is 5.29. The molecule has 0 N–H and O–H groups in total. The van der Waals surface area contributed by atoms with E-state index in [0.717, 1.165) is 0 Å². The smallest absolute Gasteiger partial charge is 0 e. The Kier molecular flexibility index (Phi) is 11.7. The third kappa shape index (κ3) is 10.9. The fraction of sp³-hybridized carbons (Fsp3) is 1.00. The third-order valence-electron chi connectivity index (χ3n) is 2.25. The van der Waals surface area contributed by atoms with Crippen LogP contribution in [0.3, 0.4) is 0 Å². The van der Waals surface area contributed by atoms with Gasteiger partial charge in [0.1, 0.15) is 0 Å². The molecule has 0 nitrogen and oxygen atoms in total. The van der Waals surface area contributed by atoms with Crippen LogP contribution in [-0.4, -0.2) is 43.1 Å². The quantitative estimate of drug-likeness (QED) is 0.534. The monoisotopic (exact) mass is 310 g/mol. The predicted molar refractivity (Wildman–Crippen MR) is 88.1 cm³/mol. The van der Waals surface area contributed by atoms with Crippen molar-refractivity contribution < 1.29 is 0 Å². The molecular formula is C14H33GeLiSi. The molecule has 98 valence electrons. The molecule has 0 bridgehead atoms. The van der Waals surface area contributed by atoms with Crippen LogP contribution in [0.4, 0.5) is 0 Å². The molecule has 0 aliphatic heterocycles. The van der Waals surface area contributed by atoms with E-state index in [4.69, 9.17) is 0 Å². The van der Waals surface area contributed by atoms with Crippen molar-refractivity contribution in [2.24, 2.45) is 0 Å². The molecule has 0 aromatic heterocycles. The summed E-state index contributed by atoms with van der Waals surface area (Å²) in [6.45, 7) is 21.6. The number of rotatable bonds is 0. The van der Waals surface area contributed by atoms with E-state index < -0.39 is 8.80 Å². The first-order chi connectivity index (χ1) is 6.78. The summed E-state index contributed by atoms with van der Waals surface area (Å²) in [5.74, 6) is 4.50. The Bertz CT molecular complexity index is 151. The van der Waals surface area contributed by atoms with E-state index in [0.29, 0.717) is 30.5 Å². The first-order valence-electron chi connectivity index (χ1n) is 6.25. The van der Waals surface area contributed by atoms with Gasteiger partial charge in [0.05, 0.1) is 8.80 Å². The summed E-state index contributed by atoms with van der Waals surface area (Å²) in [6, 6.07) is 0. The molecule has 0 atom stereocenters. The molecule has 17 heavy (non-hydrogen) atoms. The van der Waals surface area contributed by atoms with Gasteiger partial charge in [0.2, 0.25) is 0 Å². The van der Waals surface area contributed by atoms with Gasteiger partial charge in [0.25, 0.3) is 0 Å². The Morgan fingerprint density at radius 2 is 0.706 bits per heavy atom. The van der Waals surface area contributed by atoms with E-state index in [1.165, 1.54) is 0 Å². The van der Waals surface area contributed by atoms with Crippen molar-refractivity contribution in [3.63, 3.8) is 0 Å². The molecule has 0 rings (SSSR count). The van der Waals surface area contributed by atoms with Crippen LogP contribution in [0.25, 0.3) is 0 Å². The van der Waals surface area contributed by atoms with Crippen LogP contribution in [0.1, 0.15) is 62.3 Å². The van der Waals surface area contributed by atoms with Crippen molar-refractivity contribution in [3.8, 4) is 0 Å². The van der Waals surface area contributed by atoms with Gasteiger partial charge in [-0.3, -0.25) is 0 Å². The molecule has 0 spiro atoms. The van der Waals surface area contributed by atoms with Gasteiger partial charge in [-0.2, -0.15) is 0 Å². The van der Waals surface area contributed by atoms with Crippen LogP contribution in [0, 0.1) is 0 Å². The standard InChI is InChI=1S/C12H27Si.C2H6Ge.Li/c1-10(2,3)13(11(4,5)6)12(7,8)9;1-3-2;/h1-9H3;1-2H3;. The molecule has 0 aromatic rings. The summed E-state index contributed by atoms with van der Waals surface area (Å²) in [7, 11) is -0.391. The molecule has 0 fully saturated rings. The SMILES string of the molecule is CC(C)(C)[Si](C(C)(C)C)C(C)(C)C.[CH3][Ge][CH3].[Li]. The summed E-state index contributed by atoms with van der Waals surface area (Å²) in [5, 5.41) is 1.46. The summed E-state index contributed by atoms with van der Waals surface area (Å²) in [6.07, 6.45) is 0. The van der Waals surface area contributed by atoms with Gasteiger partial charge in [-0.1, -0.05) is 62.3 Å². The van der Waals surface area contributed by atoms with E-state index in [-0.39, 0.29) is 18.9 Å². The zero-order chi connectivity index (χ0) is 13.8. The van der Waals surface area contributed by atoms with E-state index in [1.54, 1.807) is 0 Å². The summed E-state index contributed by atoms with van der Waals surface area (Å²) in [5.41, 5.74) is 0. The normalized spacial score (nSPS) is 12.7. The van der Waals surface area contributed by atoms with Crippen LogP contribution in [0.15, 0.2) is 0 Å². The van der Waals surface area contributed by atoms with Gasteiger partial charge < -0.3 is 0 Å². The molecule has 0 saturated heterocycles. The zero-order valence-electron chi connectivity index (χ0n) is 14.5. The molecule has 0 heterocycles. The average Bonchev–Trinajstić information content (AvgIpc) is 1.74. The first kappa shape index (κ1) is 23.4. The van der Waals surface area contributed by atoms with Gasteiger partial charge in [-0.15, -0.1) is 0 Å². The van der Waals surface area contributed by atoms with Crippen molar-refractivity contribution in [2.75, 3.05) is 0 Å². The minimum absolute atomic E-state index is 0. The third-order valence-corrected chi connectivity index (χ3v) is 6.75. The largest absolute Gasteiger partial charge is 0 e.